The SMILES string of the molecule is CC(=O)N/C(=C\c1ccccc1)C(=O)O[C@@H](C)C(=O)Nc1ccc(F)c(Cl)c1. The first-order valence-electron chi connectivity index (χ1n) is 8.27. The zero-order chi connectivity index (χ0) is 20.7. The number of benzene rings is 2. The van der Waals surface area contributed by atoms with Gasteiger partial charge in [0.25, 0.3) is 5.91 Å². The van der Waals surface area contributed by atoms with Crippen LogP contribution >= 0.6 is 11.6 Å². The van der Waals surface area contributed by atoms with Crippen LogP contribution in [0.5, 0.6) is 0 Å². The van der Waals surface area contributed by atoms with Crippen LogP contribution in [0.1, 0.15) is 19.4 Å². The second kappa shape index (κ2) is 9.66. The number of amides is 2. The fourth-order valence-electron chi connectivity index (χ4n) is 2.15. The summed E-state index contributed by atoms with van der Waals surface area (Å²) in [7, 11) is 0. The third-order valence-corrected chi connectivity index (χ3v) is 3.77. The molecule has 0 aliphatic rings. The predicted molar refractivity (Wildman–Crippen MR) is 104 cm³/mol. The van der Waals surface area contributed by atoms with Gasteiger partial charge in [-0.2, -0.15) is 0 Å². The van der Waals surface area contributed by atoms with Crippen molar-refractivity contribution in [2.24, 2.45) is 0 Å². The van der Waals surface area contributed by atoms with Gasteiger partial charge in [-0.3, -0.25) is 9.59 Å². The van der Waals surface area contributed by atoms with Crippen molar-refractivity contribution in [3.05, 3.63) is 70.6 Å². The van der Waals surface area contributed by atoms with E-state index >= 15 is 0 Å². The molecule has 0 aromatic heterocycles. The van der Waals surface area contributed by atoms with Crippen LogP contribution in [-0.2, 0) is 19.1 Å². The van der Waals surface area contributed by atoms with Gasteiger partial charge < -0.3 is 15.4 Å². The molecule has 0 spiro atoms. The number of rotatable bonds is 6. The number of carbonyl (C=O) groups is 3. The standard InChI is InChI=1S/C20H18ClFN2O4/c1-12(19(26)24-15-8-9-17(22)16(21)11-15)28-20(27)18(23-13(2)25)10-14-6-4-3-5-7-14/h3-12H,1-2H3,(H,23,25)(H,24,26)/b18-10-/t12-/m0/s1. The summed E-state index contributed by atoms with van der Waals surface area (Å²) in [6.07, 6.45) is 0.262. The molecule has 2 aromatic carbocycles. The fraction of sp³-hybridized carbons (Fsp3) is 0.150. The lowest BCUT2D eigenvalue weighted by Gasteiger charge is -2.15. The number of ether oxygens (including phenoxy) is 1. The van der Waals surface area contributed by atoms with Gasteiger partial charge in [-0.1, -0.05) is 41.9 Å². The van der Waals surface area contributed by atoms with E-state index in [1.807, 2.05) is 6.07 Å². The average Bonchev–Trinajstić information content (AvgIpc) is 2.64. The summed E-state index contributed by atoms with van der Waals surface area (Å²) < 4.78 is 18.3. The molecule has 8 heteroatoms. The highest BCUT2D eigenvalue weighted by Crippen LogP contribution is 2.19. The van der Waals surface area contributed by atoms with Gasteiger partial charge in [0.1, 0.15) is 11.5 Å². The van der Waals surface area contributed by atoms with E-state index in [-0.39, 0.29) is 16.4 Å². The van der Waals surface area contributed by atoms with Gasteiger partial charge in [0.15, 0.2) is 6.10 Å². The summed E-state index contributed by atoms with van der Waals surface area (Å²) in [5.41, 5.74) is 0.811. The lowest BCUT2D eigenvalue weighted by atomic mass is 10.2. The molecule has 2 aromatic rings. The molecule has 2 amide bonds. The van der Waals surface area contributed by atoms with E-state index < -0.39 is 29.7 Å². The van der Waals surface area contributed by atoms with Gasteiger partial charge in [0.2, 0.25) is 5.91 Å². The quantitative estimate of drug-likeness (QED) is 0.570. The number of esters is 1. The van der Waals surface area contributed by atoms with Gasteiger partial charge >= 0.3 is 5.97 Å². The van der Waals surface area contributed by atoms with Crippen molar-refractivity contribution in [1.82, 2.24) is 5.32 Å². The second-order valence-corrected chi connectivity index (χ2v) is 6.22. The number of nitrogens with one attached hydrogen (secondary N) is 2. The van der Waals surface area contributed by atoms with Crippen molar-refractivity contribution in [3.8, 4) is 0 Å². The monoisotopic (exact) mass is 404 g/mol. The van der Waals surface area contributed by atoms with Crippen LogP contribution in [0, 0.1) is 5.82 Å². The molecule has 0 saturated heterocycles. The highest BCUT2D eigenvalue weighted by Gasteiger charge is 2.21. The maximum Gasteiger partial charge on any atom is 0.355 e. The predicted octanol–water partition coefficient (Wildman–Crippen LogP) is 3.53. The Balaban J connectivity index is 2.08. The zero-order valence-electron chi connectivity index (χ0n) is 15.2. The minimum Gasteiger partial charge on any atom is -0.448 e. The Labute approximate surface area is 166 Å². The second-order valence-electron chi connectivity index (χ2n) is 5.82. The third kappa shape index (κ3) is 6.21. The number of carbonyl (C=O) groups excluding carboxylic acids is 3. The number of halogens is 2. The van der Waals surface area contributed by atoms with Crippen molar-refractivity contribution in [2.45, 2.75) is 20.0 Å². The van der Waals surface area contributed by atoms with E-state index in [4.69, 9.17) is 16.3 Å². The molecule has 0 bridgehead atoms. The summed E-state index contributed by atoms with van der Waals surface area (Å²) >= 11 is 5.67. The molecule has 0 unspecified atom stereocenters. The van der Waals surface area contributed by atoms with E-state index in [0.29, 0.717) is 5.56 Å². The molecule has 2 N–H and O–H groups in total. The van der Waals surface area contributed by atoms with Crippen LogP contribution in [0.3, 0.4) is 0 Å². The Kier molecular flexibility index (Phi) is 7.28. The molecule has 146 valence electrons. The van der Waals surface area contributed by atoms with Crippen molar-refractivity contribution < 1.29 is 23.5 Å². The van der Waals surface area contributed by atoms with E-state index in [1.54, 1.807) is 24.3 Å². The fourth-order valence-corrected chi connectivity index (χ4v) is 2.33. The Morgan fingerprint density at radius 1 is 1.14 bits per heavy atom. The van der Waals surface area contributed by atoms with Crippen molar-refractivity contribution in [3.63, 3.8) is 0 Å². The number of hydrogen-bond donors (Lipinski definition) is 2. The Morgan fingerprint density at radius 3 is 2.43 bits per heavy atom. The van der Waals surface area contributed by atoms with E-state index in [2.05, 4.69) is 10.6 Å². The van der Waals surface area contributed by atoms with Gasteiger partial charge in [0, 0.05) is 12.6 Å². The lowest BCUT2D eigenvalue weighted by Crippen LogP contribution is -2.33. The van der Waals surface area contributed by atoms with Crippen LogP contribution in [-0.4, -0.2) is 23.9 Å². The van der Waals surface area contributed by atoms with Gasteiger partial charge in [-0.15, -0.1) is 0 Å². The smallest absolute Gasteiger partial charge is 0.355 e. The lowest BCUT2D eigenvalue weighted by molar-refractivity contribution is -0.149. The average molecular weight is 405 g/mol. The van der Waals surface area contributed by atoms with Gasteiger partial charge in [-0.05, 0) is 36.8 Å². The van der Waals surface area contributed by atoms with Crippen LogP contribution < -0.4 is 10.6 Å². The van der Waals surface area contributed by atoms with Crippen molar-refractivity contribution in [2.75, 3.05) is 5.32 Å². The molecule has 0 fully saturated rings. The molecular formula is C20H18ClFN2O4. The summed E-state index contributed by atoms with van der Waals surface area (Å²) in [4.78, 5) is 36.0. The van der Waals surface area contributed by atoms with Gasteiger partial charge in [-0.25, -0.2) is 9.18 Å². The Bertz CT molecular complexity index is 916. The molecule has 0 heterocycles. The zero-order valence-corrected chi connectivity index (χ0v) is 15.9. The maximum absolute atomic E-state index is 13.2. The van der Waals surface area contributed by atoms with E-state index in [0.717, 1.165) is 6.07 Å². The molecule has 0 radical (unpaired) electrons. The molecule has 6 nitrogen and oxygen atoms in total. The van der Waals surface area contributed by atoms with E-state index in [1.165, 1.54) is 32.1 Å². The molecule has 0 saturated carbocycles. The largest absolute Gasteiger partial charge is 0.448 e. The minimum absolute atomic E-state index is 0.108. The summed E-state index contributed by atoms with van der Waals surface area (Å²) in [6.45, 7) is 2.62. The third-order valence-electron chi connectivity index (χ3n) is 3.48. The van der Waals surface area contributed by atoms with Crippen LogP contribution in [0.25, 0.3) is 6.08 Å². The van der Waals surface area contributed by atoms with Crippen LogP contribution in [0.2, 0.25) is 5.02 Å². The Morgan fingerprint density at radius 2 is 1.82 bits per heavy atom. The highest BCUT2D eigenvalue weighted by molar-refractivity contribution is 6.31. The van der Waals surface area contributed by atoms with Crippen molar-refractivity contribution in [1.29, 1.82) is 0 Å². The summed E-state index contributed by atoms with van der Waals surface area (Å²) in [6, 6.07) is 12.5. The molecule has 1 atom stereocenters. The van der Waals surface area contributed by atoms with Crippen LogP contribution in [0.4, 0.5) is 10.1 Å². The van der Waals surface area contributed by atoms with E-state index in [9.17, 15) is 18.8 Å². The molecule has 2 rings (SSSR count). The Hall–Kier alpha value is -3.19. The first-order valence-corrected chi connectivity index (χ1v) is 8.65. The highest BCUT2D eigenvalue weighted by atomic mass is 35.5. The molecule has 28 heavy (non-hydrogen) atoms. The first kappa shape index (κ1) is 21.1. The minimum atomic E-state index is -1.18. The molecule has 0 aliphatic carbocycles. The van der Waals surface area contributed by atoms with Crippen LogP contribution in [0.15, 0.2) is 54.2 Å². The molecule has 0 aliphatic heterocycles. The maximum atomic E-state index is 13.2. The normalized spacial score (nSPS) is 12.1. The number of hydrogen-bond acceptors (Lipinski definition) is 4. The topological polar surface area (TPSA) is 84.5 Å². The number of anilines is 1. The first-order chi connectivity index (χ1) is 13.3. The summed E-state index contributed by atoms with van der Waals surface area (Å²) in [5, 5.41) is 4.71. The summed E-state index contributed by atoms with van der Waals surface area (Å²) in [5.74, 6) is -2.60. The van der Waals surface area contributed by atoms with Gasteiger partial charge in [0.05, 0.1) is 5.02 Å². The van der Waals surface area contributed by atoms with Crippen molar-refractivity contribution >= 4 is 41.1 Å². The molecular weight excluding hydrogens is 387 g/mol.